The van der Waals surface area contributed by atoms with E-state index in [2.05, 4.69) is 63.9 Å². The Kier molecular flexibility index (Phi) is 3.64. The predicted octanol–water partition coefficient (Wildman–Crippen LogP) is 1.12. The first kappa shape index (κ1) is 14.7. The Hall–Kier alpha value is -1.22. The highest BCUT2D eigenvalue weighted by Gasteiger charge is 2.52. The van der Waals surface area contributed by atoms with Crippen LogP contribution in [0.5, 0.6) is 0 Å². The Morgan fingerprint density at radius 1 is 1.24 bits per heavy atom. The molecule has 2 aliphatic heterocycles. The van der Waals surface area contributed by atoms with E-state index < -0.39 is 0 Å². The SMILES string of the molecule is B[C@@]1([C@@]2(B)CC(C)=NO2)CCN(Cc2ccc(C)cc2)C1. The summed E-state index contributed by atoms with van der Waals surface area (Å²) in [7, 11) is 4.58. The molecule has 0 saturated carbocycles. The molecule has 0 N–H and O–H groups in total. The van der Waals surface area contributed by atoms with E-state index >= 15 is 0 Å². The van der Waals surface area contributed by atoms with Crippen LogP contribution in [0.3, 0.4) is 0 Å². The van der Waals surface area contributed by atoms with Crippen molar-refractivity contribution >= 4 is 21.4 Å². The Bertz CT molecular complexity index is 560. The van der Waals surface area contributed by atoms with Gasteiger partial charge in [0.15, 0.2) is 7.85 Å². The van der Waals surface area contributed by atoms with Crippen LogP contribution in [0.2, 0.25) is 5.31 Å². The number of hydrogen-bond donors (Lipinski definition) is 0. The zero-order chi connectivity index (χ0) is 15.1. The van der Waals surface area contributed by atoms with Crippen molar-refractivity contribution in [1.29, 1.82) is 0 Å². The number of rotatable bonds is 3. The number of oxime groups is 1. The van der Waals surface area contributed by atoms with Gasteiger partial charge in [-0.15, -0.1) is 0 Å². The molecule has 0 radical (unpaired) electrons. The number of likely N-dealkylation sites (tertiary alicyclic amines) is 1. The van der Waals surface area contributed by atoms with E-state index in [-0.39, 0.29) is 10.8 Å². The topological polar surface area (TPSA) is 24.8 Å². The van der Waals surface area contributed by atoms with Crippen LogP contribution in [0.15, 0.2) is 29.4 Å². The molecule has 0 spiro atoms. The van der Waals surface area contributed by atoms with E-state index in [0.29, 0.717) is 0 Å². The van der Waals surface area contributed by atoms with E-state index in [9.17, 15) is 0 Å². The average molecular weight is 282 g/mol. The molecular formula is C16H24B2N2O. The van der Waals surface area contributed by atoms with Gasteiger partial charge in [0.1, 0.15) is 13.3 Å². The van der Waals surface area contributed by atoms with E-state index in [0.717, 1.165) is 31.8 Å². The van der Waals surface area contributed by atoms with Gasteiger partial charge in [-0.2, -0.15) is 0 Å². The second kappa shape index (κ2) is 5.20. The summed E-state index contributed by atoms with van der Waals surface area (Å²) in [5, 5.41) is 4.38. The Balaban J connectivity index is 1.66. The molecule has 2 atom stereocenters. The van der Waals surface area contributed by atoms with Gasteiger partial charge in [0.25, 0.3) is 0 Å². The number of nitrogens with zero attached hydrogens (tertiary/aromatic N) is 2. The molecule has 3 nitrogen and oxygen atoms in total. The highest BCUT2D eigenvalue weighted by atomic mass is 16.7. The fourth-order valence-electron chi connectivity index (χ4n) is 3.63. The van der Waals surface area contributed by atoms with Crippen LogP contribution in [0, 0.1) is 6.92 Å². The van der Waals surface area contributed by atoms with Gasteiger partial charge in [-0.05, 0) is 37.7 Å². The third-order valence-electron chi connectivity index (χ3n) is 5.35. The minimum Gasteiger partial charge on any atom is -0.399 e. The molecule has 110 valence electrons. The lowest BCUT2D eigenvalue weighted by atomic mass is 9.49. The summed E-state index contributed by atoms with van der Waals surface area (Å²) in [5.41, 5.74) is 3.70. The van der Waals surface area contributed by atoms with Gasteiger partial charge in [0.2, 0.25) is 0 Å². The maximum Gasteiger partial charge on any atom is 0.162 e. The molecule has 21 heavy (non-hydrogen) atoms. The minimum absolute atomic E-state index is 0.140. The van der Waals surface area contributed by atoms with E-state index in [1.54, 1.807) is 0 Å². The normalized spacial score (nSPS) is 33.0. The van der Waals surface area contributed by atoms with Crippen molar-refractivity contribution < 1.29 is 4.84 Å². The summed E-state index contributed by atoms with van der Waals surface area (Å²) < 4.78 is 0. The Morgan fingerprint density at radius 3 is 2.57 bits per heavy atom. The van der Waals surface area contributed by atoms with Gasteiger partial charge >= 0.3 is 0 Å². The van der Waals surface area contributed by atoms with Gasteiger partial charge in [-0.1, -0.05) is 35.0 Å². The third-order valence-corrected chi connectivity index (χ3v) is 5.35. The van der Waals surface area contributed by atoms with E-state index in [1.807, 2.05) is 0 Å². The van der Waals surface area contributed by atoms with Gasteiger partial charge in [0.05, 0.1) is 5.71 Å². The quantitative estimate of drug-likeness (QED) is 0.776. The number of benzene rings is 1. The molecule has 1 aromatic carbocycles. The molecule has 0 aromatic heterocycles. The third kappa shape index (κ3) is 2.76. The Morgan fingerprint density at radius 2 is 1.95 bits per heavy atom. The monoisotopic (exact) mass is 282 g/mol. The van der Waals surface area contributed by atoms with Crippen LogP contribution >= 0.6 is 0 Å². The molecular weight excluding hydrogens is 258 g/mol. The number of aryl methyl sites for hydroxylation is 1. The first-order valence-electron chi connectivity index (χ1n) is 7.90. The molecule has 0 unspecified atom stereocenters. The molecule has 0 bridgehead atoms. The standard InChI is InChI=1S/C16H24B2N2O/c1-12-3-5-14(6-4-12)10-20-8-7-15(17,11-20)16(18)9-13(2)19-21-16/h3-6H,7-11,17-18H2,1-2H3/t15-,16+/m0/s1. The highest BCUT2D eigenvalue weighted by Crippen LogP contribution is 2.49. The van der Waals surface area contributed by atoms with Crippen LogP contribution in [0.1, 0.15) is 30.9 Å². The van der Waals surface area contributed by atoms with E-state index in [1.165, 1.54) is 17.5 Å². The molecule has 5 heteroatoms. The van der Waals surface area contributed by atoms with Crippen molar-refractivity contribution in [3.8, 4) is 0 Å². The fourth-order valence-corrected chi connectivity index (χ4v) is 3.63. The van der Waals surface area contributed by atoms with Crippen LogP contribution in [-0.4, -0.2) is 44.9 Å². The van der Waals surface area contributed by atoms with Gasteiger partial charge in [-0.3, -0.25) is 4.90 Å². The maximum absolute atomic E-state index is 5.82. The van der Waals surface area contributed by atoms with Crippen molar-refractivity contribution in [2.24, 2.45) is 5.16 Å². The molecule has 1 fully saturated rings. The lowest BCUT2D eigenvalue weighted by molar-refractivity contribution is 0.0136. The van der Waals surface area contributed by atoms with Crippen molar-refractivity contribution in [3.05, 3.63) is 35.4 Å². The maximum atomic E-state index is 5.82. The second-order valence-corrected chi connectivity index (χ2v) is 7.33. The fraction of sp³-hybridized carbons (Fsp3) is 0.562. The van der Waals surface area contributed by atoms with Crippen molar-refractivity contribution in [2.45, 2.75) is 44.0 Å². The summed E-state index contributed by atoms with van der Waals surface area (Å²) in [4.78, 5) is 8.36. The largest absolute Gasteiger partial charge is 0.399 e. The summed E-state index contributed by atoms with van der Waals surface area (Å²) in [6.45, 7) is 7.46. The summed E-state index contributed by atoms with van der Waals surface area (Å²) in [5.74, 6) is 0. The van der Waals surface area contributed by atoms with E-state index in [4.69, 9.17) is 4.84 Å². The molecule has 2 aliphatic rings. The van der Waals surface area contributed by atoms with Crippen LogP contribution in [0.25, 0.3) is 0 Å². The number of hydrogen-bond acceptors (Lipinski definition) is 3. The molecule has 0 amide bonds. The first-order chi connectivity index (χ1) is 9.90. The minimum atomic E-state index is -0.140. The summed E-state index contributed by atoms with van der Waals surface area (Å²) in [6, 6.07) is 8.88. The summed E-state index contributed by atoms with van der Waals surface area (Å²) in [6.07, 6.45) is 2.14. The first-order valence-corrected chi connectivity index (χ1v) is 7.90. The summed E-state index contributed by atoms with van der Waals surface area (Å²) >= 11 is 0. The van der Waals surface area contributed by atoms with Gasteiger partial charge < -0.3 is 4.84 Å². The molecule has 1 aromatic rings. The smallest absolute Gasteiger partial charge is 0.162 e. The molecule has 3 rings (SSSR count). The Labute approximate surface area is 129 Å². The highest BCUT2D eigenvalue weighted by molar-refractivity contribution is 6.27. The predicted molar refractivity (Wildman–Crippen MR) is 92.4 cm³/mol. The molecule has 1 saturated heterocycles. The average Bonchev–Trinajstić information content (AvgIpc) is 2.98. The van der Waals surface area contributed by atoms with Crippen LogP contribution in [-0.2, 0) is 11.4 Å². The molecule has 2 heterocycles. The van der Waals surface area contributed by atoms with Crippen molar-refractivity contribution in [1.82, 2.24) is 4.90 Å². The van der Waals surface area contributed by atoms with Gasteiger partial charge in [0, 0.05) is 19.5 Å². The second-order valence-electron chi connectivity index (χ2n) is 7.33. The lowest BCUT2D eigenvalue weighted by Gasteiger charge is -2.39. The molecule has 0 aliphatic carbocycles. The van der Waals surface area contributed by atoms with Crippen LogP contribution in [0.4, 0.5) is 0 Å². The van der Waals surface area contributed by atoms with Crippen molar-refractivity contribution in [2.75, 3.05) is 13.1 Å². The zero-order valence-electron chi connectivity index (χ0n) is 13.6. The zero-order valence-corrected chi connectivity index (χ0v) is 13.6. The lowest BCUT2D eigenvalue weighted by Crippen LogP contribution is -2.46. The van der Waals surface area contributed by atoms with Gasteiger partial charge in [-0.25, -0.2) is 0 Å². The van der Waals surface area contributed by atoms with Crippen molar-refractivity contribution in [3.63, 3.8) is 0 Å². The van der Waals surface area contributed by atoms with Crippen LogP contribution < -0.4 is 0 Å².